The van der Waals surface area contributed by atoms with E-state index in [0.29, 0.717) is 0 Å². The van der Waals surface area contributed by atoms with Gasteiger partial charge in [0, 0.05) is 4.70 Å². The molecule has 0 spiro atoms. The summed E-state index contributed by atoms with van der Waals surface area (Å²) in [5.74, 6) is 0. The van der Waals surface area contributed by atoms with Crippen molar-refractivity contribution in [2.45, 2.75) is 4.95 Å². The molecule has 1 aromatic carbocycles. The van der Waals surface area contributed by atoms with Gasteiger partial charge in [-0.05, 0) is 22.4 Å². The average molecular weight is 242 g/mol. The molecule has 2 aromatic rings. The lowest BCUT2D eigenvalue weighted by atomic mass is 10.2. The van der Waals surface area contributed by atoms with E-state index in [-0.39, 0.29) is 4.95 Å². The van der Waals surface area contributed by atoms with Crippen LogP contribution in [0.4, 0.5) is 0 Å². The zero-order valence-corrected chi connectivity index (χ0v) is 8.73. The van der Waals surface area contributed by atoms with Crippen molar-refractivity contribution >= 4 is 37.4 Å². The van der Waals surface area contributed by atoms with Gasteiger partial charge < -0.3 is 5.73 Å². The molecule has 0 fully saturated rings. The Labute approximate surface area is 83.3 Å². The molecule has 0 amide bonds. The van der Waals surface area contributed by atoms with Gasteiger partial charge in [0.05, 0.1) is 4.95 Å². The van der Waals surface area contributed by atoms with Crippen LogP contribution < -0.4 is 5.73 Å². The topological polar surface area (TPSA) is 26.0 Å². The van der Waals surface area contributed by atoms with E-state index in [2.05, 4.69) is 33.4 Å². The van der Waals surface area contributed by atoms with E-state index in [1.54, 1.807) is 11.3 Å². The van der Waals surface area contributed by atoms with E-state index >= 15 is 0 Å². The summed E-state index contributed by atoms with van der Waals surface area (Å²) >= 11 is 5.10. The van der Waals surface area contributed by atoms with Gasteiger partial charge in [0.25, 0.3) is 0 Å². The molecule has 0 aliphatic carbocycles. The first-order valence-corrected chi connectivity index (χ1v) is 5.44. The molecule has 3 heteroatoms. The van der Waals surface area contributed by atoms with Gasteiger partial charge in [-0.3, -0.25) is 0 Å². The Bertz CT molecular complexity index is 394. The number of hydrogen-bond acceptors (Lipinski definition) is 2. The number of halogens is 1. The van der Waals surface area contributed by atoms with Crippen LogP contribution >= 0.6 is 27.3 Å². The maximum absolute atomic E-state index is 5.75. The standard InChI is InChI=1S/C9H8BrNS/c10-9(11)7-5-12-8-4-2-1-3-6(7)8/h1-5,9H,11H2. The lowest BCUT2D eigenvalue weighted by Crippen LogP contribution is -1.99. The van der Waals surface area contributed by atoms with E-state index in [4.69, 9.17) is 5.73 Å². The quantitative estimate of drug-likeness (QED) is 0.602. The zero-order chi connectivity index (χ0) is 8.55. The highest BCUT2D eigenvalue weighted by Crippen LogP contribution is 2.31. The number of benzene rings is 1. The summed E-state index contributed by atoms with van der Waals surface area (Å²) in [6, 6.07) is 8.29. The number of alkyl halides is 1. The van der Waals surface area contributed by atoms with E-state index in [1.807, 2.05) is 12.1 Å². The number of fused-ring (bicyclic) bond motifs is 1. The van der Waals surface area contributed by atoms with Crippen LogP contribution in [0.15, 0.2) is 29.6 Å². The molecule has 62 valence electrons. The summed E-state index contributed by atoms with van der Waals surface area (Å²) in [4.78, 5) is -0.0475. The molecule has 2 rings (SSSR count). The van der Waals surface area contributed by atoms with Gasteiger partial charge in [0.2, 0.25) is 0 Å². The first-order chi connectivity index (χ1) is 5.79. The van der Waals surface area contributed by atoms with Crippen LogP contribution in [-0.2, 0) is 0 Å². The minimum atomic E-state index is -0.0475. The summed E-state index contributed by atoms with van der Waals surface area (Å²) in [7, 11) is 0. The minimum absolute atomic E-state index is 0.0475. The van der Waals surface area contributed by atoms with Crippen molar-refractivity contribution in [1.82, 2.24) is 0 Å². The summed E-state index contributed by atoms with van der Waals surface area (Å²) in [6.07, 6.45) is 0. The summed E-state index contributed by atoms with van der Waals surface area (Å²) in [6.45, 7) is 0. The van der Waals surface area contributed by atoms with Crippen molar-refractivity contribution in [1.29, 1.82) is 0 Å². The fourth-order valence-corrected chi connectivity index (χ4v) is 2.76. The molecule has 0 aliphatic rings. The first-order valence-electron chi connectivity index (χ1n) is 3.65. The molecular formula is C9H8BrNS. The highest BCUT2D eigenvalue weighted by molar-refractivity contribution is 9.09. The van der Waals surface area contributed by atoms with Gasteiger partial charge in [-0.2, -0.15) is 0 Å². The molecule has 0 saturated carbocycles. The Morgan fingerprint density at radius 3 is 2.83 bits per heavy atom. The van der Waals surface area contributed by atoms with Gasteiger partial charge in [-0.1, -0.05) is 34.1 Å². The molecule has 0 aliphatic heterocycles. The Balaban J connectivity index is 2.70. The molecule has 12 heavy (non-hydrogen) atoms. The molecule has 0 bridgehead atoms. The Hall–Kier alpha value is -0.380. The van der Waals surface area contributed by atoms with E-state index in [0.717, 1.165) is 0 Å². The van der Waals surface area contributed by atoms with Crippen molar-refractivity contribution in [3.63, 3.8) is 0 Å². The van der Waals surface area contributed by atoms with Gasteiger partial charge in [-0.15, -0.1) is 11.3 Å². The molecule has 1 heterocycles. The Morgan fingerprint density at radius 1 is 1.33 bits per heavy atom. The zero-order valence-electron chi connectivity index (χ0n) is 6.33. The van der Waals surface area contributed by atoms with Crippen LogP contribution in [0.25, 0.3) is 10.1 Å². The molecule has 1 aromatic heterocycles. The molecule has 1 nitrogen and oxygen atoms in total. The van der Waals surface area contributed by atoms with E-state index < -0.39 is 0 Å². The molecule has 1 unspecified atom stereocenters. The van der Waals surface area contributed by atoms with Gasteiger partial charge >= 0.3 is 0 Å². The fourth-order valence-electron chi connectivity index (χ4n) is 1.21. The number of thiophene rings is 1. The second kappa shape index (κ2) is 3.17. The predicted molar refractivity (Wildman–Crippen MR) is 57.7 cm³/mol. The third-order valence-electron chi connectivity index (χ3n) is 1.81. The van der Waals surface area contributed by atoms with Gasteiger partial charge in [0.15, 0.2) is 0 Å². The van der Waals surface area contributed by atoms with Gasteiger partial charge in [0.1, 0.15) is 0 Å². The number of hydrogen-bond donors (Lipinski definition) is 1. The highest BCUT2D eigenvalue weighted by Gasteiger charge is 2.07. The lowest BCUT2D eigenvalue weighted by Gasteiger charge is -1.99. The van der Waals surface area contributed by atoms with Crippen LogP contribution in [0.2, 0.25) is 0 Å². The third kappa shape index (κ3) is 1.28. The second-order valence-electron chi connectivity index (χ2n) is 2.59. The summed E-state index contributed by atoms with van der Waals surface area (Å²) in [5.41, 5.74) is 6.92. The van der Waals surface area contributed by atoms with E-state index in [1.165, 1.54) is 15.6 Å². The Morgan fingerprint density at radius 2 is 2.08 bits per heavy atom. The van der Waals surface area contributed by atoms with Crippen molar-refractivity contribution < 1.29 is 0 Å². The van der Waals surface area contributed by atoms with Crippen LogP contribution in [0.3, 0.4) is 0 Å². The van der Waals surface area contributed by atoms with Crippen LogP contribution in [0.5, 0.6) is 0 Å². The number of rotatable bonds is 1. The third-order valence-corrected chi connectivity index (χ3v) is 3.28. The lowest BCUT2D eigenvalue weighted by molar-refractivity contribution is 1.08. The van der Waals surface area contributed by atoms with Crippen LogP contribution in [0.1, 0.15) is 10.5 Å². The van der Waals surface area contributed by atoms with Crippen LogP contribution in [-0.4, -0.2) is 0 Å². The maximum Gasteiger partial charge on any atom is 0.0875 e. The van der Waals surface area contributed by atoms with Crippen LogP contribution in [0, 0.1) is 0 Å². The van der Waals surface area contributed by atoms with Crippen molar-refractivity contribution in [3.8, 4) is 0 Å². The van der Waals surface area contributed by atoms with Crippen molar-refractivity contribution in [3.05, 3.63) is 35.2 Å². The summed E-state index contributed by atoms with van der Waals surface area (Å²) in [5, 5.41) is 3.36. The second-order valence-corrected chi connectivity index (χ2v) is 4.49. The molecule has 0 radical (unpaired) electrons. The molecular weight excluding hydrogens is 234 g/mol. The largest absolute Gasteiger partial charge is 0.315 e. The SMILES string of the molecule is NC(Br)c1csc2ccccc12. The highest BCUT2D eigenvalue weighted by atomic mass is 79.9. The van der Waals surface area contributed by atoms with Crippen molar-refractivity contribution in [2.75, 3.05) is 0 Å². The predicted octanol–water partition coefficient (Wildman–Crippen LogP) is 3.25. The normalized spacial score (nSPS) is 13.5. The summed E-state index contributed by atoms with van der Waals surface area (Å²) < 4.78 is 1.29. The fraction of sp³-hybridized carbons (Fsp3) is 0.111. The monoisotopic (exact) mass is 241 g/mol. The number of nitrogens with two attached hydrogens (primary N) is 1. The minimum Gasteiger partial charge on any atom is -0.315 e. The Kier molecular flexibility index (Phi) is 2.17. The molecule has 1 atom stereocenters. The average Bonchev–Trinajstić information content (AvgIpc) is 2.47. The van der Waals surface area contributed by atoms with Gasteiger partial charge in [-0.25, -0.2) is 0 Å². The maximum atomic E-state index is 5.75. The van der Waals surface area contributed by atoms with Crippen molar-refractivity contribution in [2.24, 2.45) is 5.73 Å². The molecule has 0 saturated heterocycles. The first kappa shape index (κ1) is 8.23. The molecule has 2 N–H and O–H groups in total. The smallest absolute Gasteiger partial charge is 0.0875 e. The van der Waals surface area contributed by atoms with E-state index in [9.17, 15) is 0 Å².